The zero-order valence-corrected chi connectivity index (χ0v) is 12.8. The number of methoxy groups -OCH3 is 1. The Kier molecular flexibility index (Phi) is 5.00. The number of nitrogens with one attached hydrogen (secondary N) is 1. The number of aliphatic carboxylic acids is 1. The van der Waals surface area contributed by atoms with E-state index in [4.69, 9.17) is 14.3 Å². The van der Waals surface area contributed by atoms with Crippen molar-refractivity contribution in [2.45, 2.75) is 19.8 Å². The molecule has 23 heavy (non-hydrogen) atoms. The van der Waals surface area contributed by atoms with Crippen LogP contribution in [-0.4, -0.2) is 30.6 Å². The summed E-state index contributed by atoms with van der Waals surface area (Å²) in [5, 5.41) is 11.7. The van der Waals surface area contributed by atoms with Gasteiger partial charge in [-0.1, -0.05) is 0 Å². The van der Waals surface area contributed by atoms with Gasteiger partial charge in [0.15, 0.2) is 0 Å². The summed E-state index contributed by atoms with van der Waals surface area (Å²) in [6, 6.07) is 5.12. The molecule has 0 aliphatic carbocycles. The third kappa shape index (κ3) is 3.88. The molecule has 0 bridgehead atoms. The minimum absolute atomic E-state index is 0.0172. The predicted molar refractivity (Wildman–Crippen MR) is 82.7 cm³/mol. The number of carbonyl (C=O) groups is 2. The van der Waals surface area contributed by atoms with E-state index in [1.807, 2.05) is 0 Å². The van der Waals surface area contributed by atoms with Crippen molar-refractivity contribution < 1.29 is 23.8 Å². The number of hydrogen-bond donors (Lipinski definition) is 2. The Bertz CT molecular complexity index is 808. The van der Waals surface area contributed by atoms with Crippen LogP contribution in [0.1, 0.15) is 17.5 Å². The van der Waals surface area contributed by atoms with E-state index in [-0.39, 0.29) is 24.9 Å². The third-order valence-electron chi connectivity index (χ3n) is 3.49. The van der Waals surface area contributed by atoms with Crippen molar-refractivity contribution in [1.82, 2.24) is 5.32 Å². The van der Waals surface area contributed by atoms with Crippen molar-refractivity contribution in [2.24, 2.45) is 0 Å². The number of amides is 1. The van der Waals surface area contributed by atoms with Crippen molar-refractivity contribution in [2.75, 3.05) is 13.7 Å². The maximum atomic E-state index is 12.1. The largest absolute Gasteiger partial charge is 0.497 e. The van der Waals surface area contributed by atoms with Gasteiger partial charge in [-0.25, -0.2) is 4.79 Å². The molecule has 0 aliphatic heterocycles. The fourth-order valence-electron chi connectivity index (χ4n) is 2.24. The van der Waals surface area contributed by atoms with E-state index < -0.39 is 17.5 Å². The quantitative estimate of drug-likeness (QED) is 0.776. The Morgan fingerprint density at radius 1 is 1.35 bits per heavy atom. The van der Waals surface area contributed by atoms with E-state index in [0.717, 1.165) is 5.39 Å². The molecule has 1 amide bonds. The topological polar surface area (TPSA) is 106 Å². The Morgan fingerprint density at radius 2 is 2.09 bits per heavy atom. The first kappa shape index (κ1) is 16.5. The van der Waals surface area contributed by atoms with Crippen LogP contribution < -0.4 is 15.7 Å². The van der Waals surface area contributed by atoms with Gasteiger partial charge in [0.05, 0.1) is 25.5 Å². The van der Waals surface area contributed by atoms with E-state index in [1.54, 1.807) is 25.1 Å². The monoisotopic (exact) mass is 319 g/mol. The lowest BCUT2D eigenvalue weighted by atomic mass is 10.0. The van der Waals surface area contributed by atoms with Crippen molar-refractivity contribution in [1.29, 1.82) is 0 Å². The van der Waals surface area contributed by atoms with E-state index in [1.165, 1.54) is 7.11 Å². The summed E-state index contributed by atoms with van der Waals surface area (Å²) in [6.07, 6.45) is -0.327. The molecular weight excluding hydrogens is 302 g/mol. The molecule has 2 aromatic rings. The van der Waals surface area contributed by atoms with Crippen molar-refractivity contribution in [3.8, 4) is 5.75 Å². The number of rotatable bonds is 6. The fraction of sp³-hybridized carbons (Fsp3) is 0.312. The van der Waals surface area contributed by atoms with Gasteiger partial charge < -0.3 is 19.6 Å². The molecule has 122 valence electrons. The number of ether oxygens (including phenoxy) is 1. The van der Waals surface area contributed by atoms with Gasteiger partial charge in [0.2, 0.25) is 5.91 Å². The summed E-state index contributed by atoms with van der Waals surface area (Å²) in [5.74, 6) is -0.852. The van der Waals surface area contributed by atoms with E-state index >= 15 is 0 Å². The van der Waals surface area contributed by atoms with Gasteiger partial charge >= 0.3 is 11.6 Å². The number of hydrogen-bond acceptors (Lipinski definition) is 5. The van der Waals surface area contributed by atoms with Gasteiger partial charge in [0, 0.05) is 18.0 Å². The number of carboxylic acids is 1. The maximum absolute atomic E-state index is 12.1. The Morgan fingerprint density at radius 3 is 2.74 bits per heavy atom. The van der Waals surface area contributed by atoms with Crippen LogP contribution in [0.2, 0.25) is 0 Å². The molecule has 7 nitrogen and oxygen atoms in total. The molecule has 1 heterocycles. The van der Waals surface area contributed by atoms with Crippen LogP contribution in [0.5, 0.6) is 5.75 Å². The summed E-state index contributed by atoms with van der Waals surface area (Å²) in [4.78, 5) is 34.3. The fourth-order valence-corrected chi connectivity index (χ4v) is 2.24. The molecule has 0 radical (unpaired) electrons. The van der Waals surface area contributed by atoms with Gasteiger partial charge in [0.1, 0.15) is 11.3 Å². The SMILES string of the molecule is COc1ccc2c(C)c(CC(=O)NCCC(=O)O)c(=O)oc2c1. The molecule has 0 unspecified atom stereocenters. The normalized spacial score (nSPS) is 10.5. The number of carbonyl (C=O) groups excluding carboxylic acids is 1. The lowest BCUT2D eigenvalue weighted by Crippen LogP contribution is -2.29. The van der Waals surface area contributed by atoms with Crippen molar-refractivity contribution >= 4 is 22.8 Å². The van der Waals surface area contributed by atoms with Crippen LogP contribution in [0.3, 0.4) is 0 Å². The highest BCUT2D eigenvalue weighted by molar-refractivity contribution is 5.85. The van der Waals surface area contributed by atoms with Crippen LogP contribution in [0.25, 0.3) is 11.0 Å². The molecule has 0 saturated carbocycles. The van der Waals surface area contributed by atoms with Crippen molar-refractivity contribution in [3.05, 3.63) is 39.7 Å². The zero-order chi connectivity index (χ0) is 17.0. The van der Waals surface area contributed by atoms with Crippen LogP contribution >= 0.6 is 0 Å². The number of fused-ring (bicyclic) bond motifs is 1. The van der Waals surface area contributed by atoms with E-state index in [0.29, 0.717) is 16.9 Å². The van der Waals surface area contributed by atoms with E-state index in [2.05, 4.69) is 5.32 Å². The predicted octanol–water partition coefficient (Wildman–Crippen LogP) is 1.24. The smallest absolute Gasteiger partial charge is 0.340 e. The van der Waals surface area contributed by atoms with Crippen LogP contribution in [0, 0.1) is 6.92 Å². The highest BCUT2D eigenvalue weighted by atomic mass is 16.5. The summed E-state index contributed by atoms with van der Waals surface area (Å²) >= 11 is 0. The molecular formula is C16H17NO6. The average molecular weight is 319 g/mol. The Hall–Kier alpha value is -2.83. The minimum Gasteiger partial charge on any atom is -0.497 e. The van der Waals surface area contributed by atoms with Crippen LogP contribution in [-0.2, 0) is 16.0 Å². The molecule has 2 rings (SSSR count). The van der Waals surface area contributed by atoms with Crippen LogP contribution in [0.4, 0.5) is 0 Å². The molecule has 1 aromatic carbocycles. The number of carboxylic acid groups (broad SMARTS) is 1. The summed E-state index contributed by atoms with van der Waals surface area (Å²) < 4.78 is 10.3. The molecule has 0 spiro atoms. The van der Waals surface area contributed by atoms with Gasteiger partial charge in [0.25, 0.3) is 0 Å². The van der Waals surface area contributed by atoms with Crippen molar-refractivity contribution in [3.63, 3.8) is 0 Å². The average Bonchev–Trinajstić information content (AvgIpc) is 2.50. The van der Waals surface area contributed by atoms with Gasteiger partial charge in [-0.05, 0) is 24.6 Å². The first-order valence-electron chi connectivity index (χ1n) is 7.01. The highest BCUT2D eigenvalue weighted by Gasteiger charge is 2.15. The van der Waals surface area contributed by atoms with Gasteiger partial charge in [-0.2, -0.15) is 0 Å². The van der Waals surface area contributed by atoms with Gasteiger partial charge in [-0.3, -0.25) is 9.59 Å². The molecule has 2 N–H and O–H groups in total. The second kappa shape index (κ2) is 6.95. The third-order valence-corrected chi connectivity index (χ3v) is 3.49. The second-order valence-corrected chi connectivity index (χ2v) is 5.03. The van der Waals surface area contributed by atoms with Gasteiger partial charge in [-0.15, -0.1) is 0 Å². The summed E-state index contributed by atoms with van der Waals surface area (Å²) in [6.45, 7) is 1.76. The van der Waals surface area contributed by atoms with Crippen LogP contribution in [0.15, 0.2) is 27.4 Å². The second-order valence-electron chi connectivity index (χ2n) is 5.03. The molecule has 1 aromatic heterocycles. The molecule has 0 saturated heterocycles. The zero-order valence-electron chi connectivity index (χ0n) is 12.8. The molecule has 0 fully saturated rings. The summed E-state index contributed by atoms with van der Waals surface area (Å²) in [5.41, 5.74) is 0.723. The molecule has 0 atom stereocenters. The lowest BCUT2D eigenvalue weighted by molar-refractivity contribution is -0.136. The first-order valence-corrected chi connectivity index (χ1v) is 7.01. The molecule has 0 aliphatic rings. The number of benzene rings is 1. The highest BCUT2D eigenvalue weighted by Crippen LogP contribution is 2.24. The first-order chi connectivity index (χ1) is 10.9. The van der Waals surface area contributed by atoms with E-state index in [9.17, 15) is 14.4 Å². The summed E-state index contributed by atoms with van der Waals surface area (Å²) in [7, 11) is 1.52. The Labute approximate surface area is 131 Å². The Balaban J connectivity index is 2.25. The maximum Gasteiger partial charge on any atom is 0.340 e. The standard InChI is InChI=1S/C16H17NO6/c1-9-11-4-3-10(22-2)7-13(11)23-16(21)12(9)8-14(18)17-6-5-15(19)20/h3-4,7H,5-6,8H2,1-2H3,(H,17,18)(H,19,20). The number of aryl methyl sites for hydroxylation is 1. The minimum atomic E-state index is -0.999. The molecule has 7 heteroatoms. The lowest BCUT2D eigenvalue weighted by Gasteiger charge is -2.09.